The van der Waals surface area contributed by atoms with Gasteiger partial charge in [-0.2, -0.15) is 0 Å². The van der Waals surface area contributed by atoms with Gasteiger partial charge in [0, 0.05) is 24.2 Å². The van der Waals surface area contributed by atoms with Crippen molar-refractivity contribution in [2.24, 2.45) is 0 Å². The van der Waals surface area contributed by atoms with Gasteiger partial charge < -0.3 is 14.7 Å². The number of aliphatic hydroxyl groups excluding tert-OH is 1. The highest BCUT2D eigenvalue weighted by Crippen LogP contribution is 2.37. The molecule has 1 N–H and O–H groups in total. The molecule has 26 heavy (non-hydrogen) atoms. The van der Waals surface area contributed by atoms with Gasteiger partial charge in [0.2, 0.25) is 5.44 Å². The van der Waals surface area contributed by atoms with E-state index in [-0.39, 0.29) is 12.5 Å². The highest BCUT2D eigenvalue weighted by atomic mass is 32.2. The third-order valence-corrected chi connectivity index (χ3v) is 5.82. The summed E-state index contributed by atoms with van der Waals surface area (Å²) in [4.78, 5) is 18.8. The molecule has 2 aromatic rings. The maximum atomic E-state index is 12.9. The number of carbonyl (C=O) groups excluding carboxylic acids is 1. The van der Waals surface area contributed by atoms with E-state index >= 15 is 0 Å². The molecule has 6 heteroatoms. The van der Waals surface area contributed by atoms with Gasteiger partial charge in [0.1, 0.15) is 5.75 Å². The molecule has 0 bridgehead atoms. The van der Waals surface area contributed by atoms with Crippen LogP contribution in [0.25, 0.3) is 10.9 Å². The number of benzene rings is 1. The summed E-state index contributed by atoms with van der Waals surface area (Å²) in [6, 6.07) is 7.35. The quantitative estimate of drug-likeness (QED) is 0.626. The molecule has 1 aromatic carbocycles. The summed E-state index contributed by atoms with van der Waals surface area (Å²) >= 11 is 1.33. The van der Waals surface area contributed by atoms with E-state index in [9.17, 15) is 9.90 Å². The Balaban J connectivity index is 1.80. The minimum absolute atomic E-state index is 0.0210. The maximum Gasteiger partial charge on any atom is 0.274 e. The zero-order valence-corrected chi connectivity index (χ0v) is 15.8. The zero-order valence-electron chi connectivity index (χ0n) is 14.9. The summed E-state index contributed by atoms with van der Waals surface area (Å²) in [6.45, 7) is -0.0210. The zero-order chi connectivity index (χ0) is 18.7. The summed E-state index contributed by atoms with van der Waals surface area (Å²) in [7, 11) is 1.74. The first-order valence-corrected chi connectivity index (χ1v) is 9.76. The van der Waals surface area contributed by atoms with Crippen LogP contribution in [0, 0.1) is 12.3 Å². The molecule has 0 spiro atoms. The molecular formula is C20H22N2O3S. The van der Waals surface area contributed by atoms with Crippen molar-refractivity contribution in [3.63, 3.8) is 0 Å². The Morgan fingerprint density at radius 1 is 1.50 bits per heavy atom. The fourth-order valence-corrected chi connectivity index (χ4v) is 3.73. The van der Waals surface area contributed by atoms with E-state index in [0.29, 0.717) is 11.3 Å². The predicted molar refractivity (Wildman–Crippen MR) is 104 cm³/mol. The average molecular weight is 370 g/mol. The maximum absolute atomic E-state index is 12.9. The number of hydrogen-bond donors (Lipinski definition) is 1. The number of amides is 1. The largest absolute Gasteiger partial charge is 0.470 e. The van der Waals surface area contributed by atoms with E-state index in [4.69, 9.17) is 11.2 Å². The molecule has 1 aliphatic carbocycles. The Morgan fingerprint density at radius 2 is 2.27 bits per heavy atom. The molecule has 5 nitrogen and oxygen atoms in total. The number of terminal acetylenes is 1. The second kappa shape index (κ2) is 7.56. The molecule has 0 aliphatic heterocycles. The van der Waals surface area contributed by atoms with Crippen molar-refractivity contribution in [2.75, 3.05) is 19.9 Å². The van der Waals surface area contributed by atoms with Gasteiger partial charge in [0.15, 0.2) is 0 Å². The summed E-state index contributed by atoms with van der Waals surface area (Å²) in [5, 5.41) is 10.6. The summed E-state index contributed by atoms with van der Waals surface area (Å²) < 4.78 is 5.95. The summed E-state index contributed by atoms with van der Waals surface area (Å²) in [5.41, 5.74) is 0.393. The molecular weight excluding hydrogens is 348 g/mol. The molecule has 1 amide bonds. The molecule has 1 aliphatic rings. The van der Waals surface area contributed by atoms with Crippen LogP contribution in [-0.2, 0) is 4.79 Å². The van der Waals surface area contributed by atoms with Gasteiger partial charge in [0.25, 0.3) is 5.91 Å². The van der Waals surface area contributed by atoms with Crippen LogP contribution in [0.15, 0.2) is 30.5 Å². The fourth-order valence-electron chi connectivity index (χ4n) is 3.16. The van der Waals surface area contributed by atoms with E-state index in [0.717, 1.165) is 30.2 Å². The first-order chi connectivity index (χ1) is 12.5. The van der Waals surface area contributed by atoms with Crippen LogP contribution < -0.4 is 4.74 Å². The highest BCUT2D eigenvalue weighted by molar-refractivity contribution is 7.99. The lowest BCUT2D eigenvalue weighted by Gasteiger charge is -2.48. The van der Waals surface area contributed by atoms with Gasteiger partial charge in [-0.1, -0.05) is 5.92 Å². The molecule has 1 atom stereocenters. The van der Waals surface area contributed by atoms with E-state index in [1.807, 2.05) is 24.5 Å². The number of ether oxygens (including phenoxy) is 1. The molecule has 136 valence electrons. The number of fused-ring (bicyclic) bond motifs is 1. The van der Waals surface area contributed by atoms with Crippen LogP contribution in [0.1, 0.15) is 24.8 Å². The van der Waals surface area contributed by atoms with Gasteiger partial charge in [0.05, 0.1) is 17.7 Å². The van der Waals surface area contributed by atoms with Crippen LogP contribution in [0.4, 0.5) is 0 Å². The molecule has 1 unspecified atom stereocenters. The third kappa shape index (κ3) is 3.37. The monoisotopic (exact) mass is 370 g/mol. The lowest BCUT2D eigenvalue weighted by Crippen LogP contribution is -2.59. The molecule has 1 saturated carbocycles. The number of nitrogens with zero attached hydrogens (tertiary/aromatic N) is 2. The van der Waals surface area contributed by atoms with Crippen LogP contribution in [0.3, 0.4) is 0 Å². The number of aromatic nitrogens is 1. The van der Waals surface area contributed by atoms with Crippen LogP contribution in [0.5, 0.6) is 5.75 Å². The molecule has 3 rings (SSSR count). The van der Waals surface area contributed by atoms with Crippen molar-refractivity contribution in [2.45, 2.75) is 30.2 Å². The topological polar surface area (TPSA) is 62.7 Å². The number of thioether (sulfide) groups is 1. The van der Waals surface area contributed by atoms with Crippen molar-refractivity contribution < 1.29 is 14.6 Å². The van der Waals surface area contributed by atoms with Crippen molar-refractivity contribution in [1.29, 1.82) is 0 Å². The molecule has 1 aromatic heterocycles. The van der Waals surface area contributed by atoms with Crippen molar-refractivity contribution in [3.8, 4) is 18.1 Å². The van der Waals surface area contributed by atoms with Crippen molar-refractivity contribution in [1.82, 2.24) is 9.88 Å². The number of pyridine rings is 1. The van der Waals surface area contributed by atoms with Crippen molar-refractivity contribution >= 4 is 28.6 Å². The first kappa shape index (κ1) is 18.6. The molecule has 0 radical (unpaired) electrons. The van der Waals surface area contributed by atoms with Gasteiger partial charge in [-0.25, -0.2) is 0 Å². The summed E-state index contributed by atoms with van der Waals surface area (Å²) in [5.74, 6) is 3.01. The van der Waals surface area contributed by atoms with E-state index in [1.54, 1.807) is 24.2 Å². The van der Waals surface area contributed by atoms with E-state index in [1.165, 1.54) is 11.8 Å². The Morgan fingerprint density at radius 3 is 2.85 bits per heavy atom. The van der Waals surface area contributed by atoms with E-state index < -0.39 is 11.0 Å². The average Bonchev–Trinajstić information content (AvgIpc) is 2.64. The van der Waals surface area contributed by atoms with Crippen LogP contribution >= 0.6 is 11.8 Å². The molecule has 1 fully saturated rings. The number of likely N-dealkylation sites (N-methyl/N-ethyl adjacent to an activating group) is 1. The van der Waals surface area contributed by atoms with Gasteiger partial charge in [-0.05, 0) is 49.8 Å². The van der Waals surface area contributed by atoms with Gasteiger partial charge >= 0.3 is 0 Å². The normalized spacial score (nSPS) is 16.4. The van der Waals surface area contributed by atoms with Gasteiger partial charge in [-0.3, -0.25) is 9.78 Å². The number of aliphatic hydroxyl groups is 1. The minimum Gasteiger partial charge on any atom is -0.470 e. The third-order valence-electron chi connectivity index (χ3n) is 5.10. The lowest BCUT2D eigenvalue weighted by molar-refractivity contribution is -0.145. The van der Waals surface area contributed by atoms with Gasteiger partial charge in [-0.15, -0.1) is 18.2 Å². The molecule has 0 saturated heterocycles. The fraction of sp³-hybridized carbons (Fsp3) is 0.400. The van der Waals surface area contributed by atoms with E-state index in [2.05, 4.69) is 10.9 Å². The van der Waals surface area contributed by atoms with Crippen molar-refractivity contribution in [3.05, 3.63) is 36.0 Å². The second-order valence-corrected chi connectivity index (χ2v) is 7.44. The minimum atomic E-state index is -0.676. The van der Waals surface area contributed by atoms with Crippen LogP contribution in [0.2, 0.25) is 0 Å². The first-order valence-electron chi connectivity index (χ1n) is 8.47. The molecule has 1 heterocycles. The number of hydrogen-bond acceptors (Lipinski definition) is 5. The smallest absolute Gasteiger partial charge is 0.274 e. The Kier molecular flexibility index (Phi) is 5.40. The Hall–Kier alpha value is -2.23. The number of rotatable bonds is 6. The number of carbonyl (C=O) groups is 1. The summed E-state index contributed by atoms with van der Waals surface area (Å²) in [6.07, 6.45) is 11.6. The standard InChI is InChI=1S/C20H22N2O3S/c1-4-14-10-15-11-16(6-7-17(15)21-12-14)25-19(26-3)18(24)22(2)20(13-23)8-5-9-20/h1,6-7,10-12,19,23H,5,8-9,13H2,2-3H3. The highest BCUT2D eigenvalue weighted by Gasteiger charge is 2.44. The SMILES string of the molecule is C#Cc1cnc2ccc(OC(SC)C(=O)N(C)C3(CO)CCC3)cc2c1. The Labute approximate surface area is 157 Å². The lowest BCUT2D eigenvalue weighted by atomic mass is 9.76. The second-order valence-electron chi connectivity index (χ2n) is 6.54. The van der Waals surface area contributed by atoms with Crippen LogP contribution in [-0.4, -0.2) is 51.8 Å². The Bertz CT molecular complexity index is 852. The predicted octanol–water partition coefficient (Wildman–Crippen LogP) is 2.66.